The predicted octanol–water partition coefficient (Wildman–Crippen LogP) is 2.92. The Kier molecular flexibility index (Phi) is 5.76. The van der Waals surface area contributed by atoms with Gasteiger partial charge in [0.15, 0.2) is 0 Å². The van der Waals surface area contributed by atoms with E-state index in [0.717, 1.165) is 30.6 Å². The summed E-state index contributed by atoms with van der Waals surface area (Å²) in [6.07, 6.45) is 6.04. The summed E-state index contributed by atoms with van der Waals surface area (Å²) in [6.45, 7) is 6.02. The third-order valence-corrected chi connectivity index (χ3v) is 4.71. The molecule has 0 bridgehead atoms. The number of rotatable bonds is 6. The quantitative estimate of drug-likeness (QED) is 0.847. The molecule has 1 aromatic rings. The van der Waals surface area contributed by atoms with Crippen LogP contribution >= 0.6 is 11.3 Å². The van der Waals surface area contributed by atoms with E-state index in [1.807, 2.05) is 0 Å². The molecule has 1 heterocycles. The van der Waals surface area contributed by atoms with Gasteiger partial charge in [-0.1, -0.05) is 38.0 Å². The fraction of sp³-hybridized carbons (Fsp3) is 0.786. The summed E-state index contributed by atoms with van der Waals surface area (Å²) >= 11 is 1.32. The van der Waals surface area contributed by atoms with Crippen LogP contribution in [0.1, 0.15) is 55.8 Å². The van der Waals surface area contributed by atoms with Crippen molar-refractivity contribution in [1.82, 2.24) is 15.5 Å². The molecule has 1 aliphatic carbocycles. The molecule has 1 aromatic heterocycles. The van der Waals surface area contributed by atoms with E-state index in [-0.39, 0.29) is 5.91 Å². The lowest BCUT2D eigenvalue weighted by Gasteiger charge is -2.25. The van der Waals surface area contributed by atoms with Gasteiger partial charge in [0.2, 0.25) is 10.1 Å². The molecule has 20 heavy (non-hydrogen) atoms. The van der Waals surface area contributed by atoms with Crippen molar-refractivity contribution in [2.75, 3.05) is 18.4 Å². The zero-order valence-electron chi connectivity index (χ0n) is 12.3. The molecule has 112 valence electrons. The van der Waals surface area contributed by atoms with Crippen LogP contribution < -0.4 is 10.6 Å². The van der Waals surface area contributed by atoms with Crippen LogP contribution in [0.2, 0.25) is 0 Å². The van der Waals surface area contributed by atoms with Crippen LogP contribution in [-0.4, -0.2) is 29.2 Å². The van der Waals surface area contributed by atoms with Gasteiger partial charge in [0.05, 0.1) is 0 Å². The molecule has 2 rings (SSSR count). The highest BCUT2D eigenvalue weighted by atomic mass is 32.1. The highest BCUT2D eigenvalue weighted by molar-refractivity contribution is 7.17. The molecule has 2 N–H and O–H groups in total. The van der Waals surface area contributed by atoms with Gasteiger partial charge in [0.25, 0.3) is 5.91 Å². The number of carbonyl (C=O) groups is 1. The Hall–Kier alpha value is -1.17. The van der Waals surface area contributed by atoms with Crippen LogP contribution in [0.4, 0.5) is 5.13 Å². The van der Waals surface area contributed by atoms with Gasteiger partial charge in [-0.15, -0.1) is 10.2 Å². The molecule has 1 saturated carbocycles. The van der Waals surface area contributed by atoms with Gasteiger partial charge in [-0.2, -0.15) is 0 Å². The molecule has 5 nitrogen and oxygen atoms in total. The molecule has 1 amide bonds. The van der Waals surface area contributed by atoms with Gasteiger partial charge in [-0.25, -0.2) is 0 Å². The third-order valence-electron chi connectivity index (χ3n) is 3.83. The van der Waals surface area contributed by atoms with E-state index in [1.165, 1.54) is 37.0 Å². The van der Waals surface area contributed by atoms with Gasteiger partial charge in [0.1, 0.15) is 0 Å². The van der Waals surface area contributed by atoms with Crippen molar-refractivity contribution < 1.29 is 4.79 Å². The molecule has 0 atom stereocenters. The lowest BCUT2D eigenvalue weighted by atomic mass is 9.83. The Labute approximate surface area is 124 Å². The van der Waals surface area contributed by atoms with Crippen molar-refractivity contribution in [2.24, 2.45) is 11.8 Å². The lowest BCUT2D eigenvalue weighted by molar-refractivity contribution is 0.0941. The average Bonchev–Trinajstić information content (AvgIpc) is 2.93. The van der Waals surface area contributed by atoms with Crippen LogP contribution in [0.15, 0.2) is 0 Å². The summed E-state index contributed by atoms with van der Waals surface area (Å²) in [7, 11) is 0. The van der Waals surface area contributed by atoms with Gasteiger partial charge < -0.3 is 10.6 Å². The Morgan fingerprint density at radius 2 is 2.05 bits per heavy atom. The minimum Gasteiger partial charge on any atom is -0.360 e. The molecule has 0 spiro atoms. The molecule has 0 saturated heterocycles. The van der Waals surface area contributed by atoms with Crippen molar-refractivity contribution in [3.8, 4) is 0 Å². The maximum atomic E-state index is 12.0. The Morgan fingerprint density at radius 3 is 2.75 bits per heavy atom. The number of nitrogens with zero attached hydrogens (tertiary/aromatic N) is 2. The number of amides is 1. The normalized spacial score (nSPS) is 22.5. The first-order valence-corrected chi connectivity index (χ1v) is 8.36. The van der Waals surface area contributed by atoms with Gasteiger partial charge in [0, 0.05) is 13.1 Å². The van der Waals surface area contributed by atoms with E-state index in [4.69, 9.17) is 0 Å². The monoisotopic (exact) mass is 296 g/mol. The fourth-order valence-corrected chi connectivity index (χ4v) is 3.15. The van der Waals surface area contributed by atoms with Crippen molar-refractivity contribution in [3.05, 3.63) is 5.01 Å². The largest absolute Gasteiger partial charge is 0.360 e. The number of nitrogens with one attached hydrogen (secondary N) is 2. The number of carbonyl (C=O) groups excluding carboxylic acids is 1. The van der Waals surface area contributed by atoms with E-state index < -0.39 is 0 Å². The minimum atomic E-state index is -0.0920. The van der Waals surface area contributed by atoms with Crippen molar-refractivity contribution >= 4 is 22.4 Å². The van der Waals surface area contributed by atoms with Crippen LogP contribution in [0.25, 0.3) is 0 Å². The number of aromatic nitrogens is 2. The lowest BCUT2D eigenvalue weighted by Crippen LogP contribution is -2.31. The first-order valence-electron chi connectivity index (χ1n) is 7.54. The number of hydrogen-bond donors (Lipinski definition) is 2. The van der Waals surface area contributed by atoms with Crippen LogP contribution in [-0.2, 0) is 0 Å². The maximum absolute atomic E-state index is 12.0. The van der Waals surface area contributed by atoms with Crippen molar-refractivity contribution in [1.29, 1.82) is 0 Å². The summed E-state index contributed by atoms with van der Waals surface area (Å²) in [5, 5.41) is 15.2. The second-order valence-corrected chi connectivity index (χ2v) is 6.65. The summed E-state index contributed by atoms with van der Waals surface area (Å²) in [5.41, 5.74) is 0. The first kappa shape index (κ1) is 15.2. The third kappa shape index (κ3) is 4.44. The summed E-state index contributed by atoms with van der Waals surface area (Å²) < 4.78 is 0. The minimum absolute atomic E-state index is 0.0920. The number of anilines is 1. The second kappa shape index (κ2) is 7.57. The van der Waals surface area contributed by atoms with Gasteiger partial charge in [-0.05, 0) is 31.1 Å². The topological polar surface area (TPSA) is 66.9 Å². The molecular formula is C14H24N4OS. The Bertz CT molecular complexity index is 427. The Morgan fingerprint density at radius 1 is 1.30 bits per heavy atom. The van der Waals surface area contributed by atoms with E-state index in [0.29, 0.717) is 10.9 Å². The zero-order chi connectivity index (χ0) is 14.4. The first-order chi connectivity index (χ1) is 9.69. The summed E-state index contributed by atoms with van der Waals surface area (Å²) in [5.74, 6) is 1.38. The molecular weight excluding hydrogens is 272 g/mol. The van der Waals surface area contributed by atoms with E-state index in [2.05, 4.69) is 34.7 Å². The molecule has 1 fully saturated rings. The molecule has 0 aliphatic heterocycles. The molecule has 1 aliphatic rings. The smallest absolute Gasteiger partial charge is 0.282 e. The highest BCUT2D eigenvalue weighted by Gasteiger charge is 2.20. The van der Waals surface area contributed by atoms with Crippen LogP contribution in [0.3, 0.4) is 0 Å². The molecule has 0 aromatic carbocycles. The van der Waals surface area contributed by atoms with E-state index in [1.54, 1.807) is 0 Å². The summed E-state index contributed by atoms with van der Waals surface area (Å²) in [6, 6.07) is 0. The molecule has 0 radical (unpaired) electrons. The molecule has 0 unspecified atom stereocenters. The van der Waals surface area contributed by atoms with E-state index in [9.17, 15) is 4.79 Å². The van der Waals surface area contributed by atoms with Crippen molar-refractivity contribution in [3.63, 3.8) is 0 Å². The highest BCUT2D eigenvalue weighted by Crippen LogP contribution is 2.27. The SMILES string of the molecule is CCCNc1nnc(C(=O)NCC2CCC(C)CC2)s1. The average molecular weight is 296 g/mol. The van der Waals surface area contributed by atoms with E-state index >= 15 is 0 Å². The summed E-state index contributed by atoms with van der Waals surface area (Å²) in [4.78, 5) is 12.0. The number of hydrogen-bond acceptors (Lipinski definition) is 5. The molecule has 6 heteroatoms. The zero-order valence-corrected chi connectivity index (χ0v) is 13.1. The van der Waals surface area contributed by atoms with Gasteiger partial charge in [-0.3, -0.25) is 4.79 Å². The predicted molar refractivity (Wildman–Crippen MR) is 82.1 cm³/mol. The second-order valence-electron chi connectivity index (χ2n) is 5.68. The van der Waals surface area contributed by atoms with Crippen molar-refractivity contribution in [2.45, 2.75) is 46.0 Å². The van der Waals surface area contributed by atoms with Crippen LogP contribution in [0.5, 0.6) is 0 Å². The maximum Gasteiger partial charge on any atom is 0.282 e. The fourth-order valence-electron chi connectivity index (χ4n) is 2.46. The van der Waals surface area contributed by atoms with Crippen LogP contribution in [0, 0.1) is 11.8 Å². The van der Waals surface area contributed by atoms with Gasteiger partial charge >= 0.3 is 0 Å². The standard InChI is InChI=1S/C14H24N4OS/c1-3-8-15-14-18-17-13(20-14)12(19)16-9-11-6-4-10(2)5-7-11/h10-11H,3-9H2,1-2H3,(H,15,18)(H,16,19). The Balaban J connectivity index is 1.75.